The topological polar surface area (TPSA) is 67.8 Å². The predicted octanol–water partition coefficient (Wildman–Crippen LogP) is 2.62. The zero-order valence-corrected chi connectivity index (χ0v) is 13.1. The molecule has 2 aromatic heterocycles. The van der Waals surface area contributed by atoms with Gasteiger partial charge in [-0.25, -0.2) is 9.97 Å². The first-order valence-electron chi connectivity index (χ1n) is 7.19. The summed E-state index contributed by atoms with van der Waals surface area (Å²) in [6, 6.07) is 7.50. The molecule has 5 nitrogen and oxygen atoms in total. The van der Waals surface area contributed by atoms with Crippen LogP contribution in [-0.2, 0) is 12.8 Å². The Morgan fingerprint density at radius 1 is 1.23 bits per heavy atom. The van der Waals surface area contributed by atoms with Crippen LogP contribution < -0.4 is 5.32 Å². The molecule has 0 atom stereocenters. The number of nitrogens with one attached hydrogen (secondary N) is 1. The number of thiazole rings is 1. The molecule has 3 aromatic rings. The van der Waals surface area contributed by atoms with Gasteiger partial charge in [0.25, 0.3) is 5.91 Å². The third kappa shape index (κ3) is 3.28. The van der Waals surface area contributed by atoms with E-state index in [-0.39, 0.29) is 5.91 Å². The number of aromatic nitrogens is 3. The van der Waals surface area contributed by atoms with Crippen molar-refractivity contribution in [3.63, 3.8) is 0 Å². The fraction of sp³-hybridized carbons (Fsp3) is 0.250. The van der Waals surface area contributed by atoms with Gasteiger partial charge in [0, 0.05) is 18.3 Å². The van der Waals surface area contributed by atoms with Crippen LogP contribution in [0.5, 0.6) is 0 Å². The van der Waals surface area contributed by atoms with E-state index in [0.717, 1.165) is 34.6 Å². The minimum atomic E-state index is -0.204. The Hall–Kier alpha value is -2.34. The first-order valence-corrected chi connectivity index (χ1v) is 8.07. The molecule has 0 saturated heterocycles. The number of benzene rings is 1. The predicted molar refractivity (Wildman–Crippen MR) is 87.1 cm³/mol. The maximum Gasteiger partial charge on any atom is 0.271 e. The van der Waals surface area contributed by atoms with E-state index in [2.05, 4.69) is 27.2 Å². The van der Waals surface area contributed by atoms with Crippen molar-refractivity contribution < 1.29 is 4.79 Å². The SMILES string of the molecule is CCc1nc(CCNC(=O)c2cnc3ccccc3n2)cs1. The first kappa shape index (κ1) is 14.6. The Morgan fingerprint density at radius 3 is 2.82 bits per heavy atom. The number of nitrogens with zero attached hydrogens (tertiary/aromatic N) is 3. The van der Waals surface area contributed by atoms with E-state index in [1.54, 1.807) is 11.3 Å². The lowest BCUT2D eigenvalue weighted by Gasteiger charge is -2.04. The normalized spacial score (nSPS) is 10.8. The van der Waals surface area contributed by atoms with Crippen molar-refractivity contribution in [3.05, 3.63) is 52.2 Å². The summed E-state index contributed by atoms with van der Waals surface area (Å²) in [7, 11) is 0. The van der Waals surface area contributed by atoms with Gasteiger partial charge in [-0.3, -0.25) is 9.78 Å². The number of hydrogen-bond donors (Lipinski definition) is 1. The molecule has 0 unspecified atom stereocenters. The zero-order chi connectivity index (χ0) is 15.4. The maximum absolute atomic E-state index is 12.1. The number of fused-ring (bicyclic) bond motifs is 1. The van der Waals surface area contributed by atoms with Gasteiger partial charge in [0.15, 0.2) is 0 Å². The standard InChI is InChI=1S/C16H16N4OS/c1-2-15-19-11(10-22-15)7-8-17-16(21)14-9-18-12-5-3-4-6-13(12)20-14/h3-6,9-10H,2,7-8H2,1H3,(H,17,21). The second-order valence-corrected chi connectivity index (χ2v) is 5.78. The highest BCUT2D eigenvalue weighted by atomic mass is 32.1. The molecule has 0 aliphatic rings. The van der Waals surface area contributed by atoms with Gasteiger partial charge in [0.2, 0.25) is 0 Å². The van der Waals surface area contributed by atoms with E-state index in [1.165, 1.54) is 6.20 Å². The number of carbonyl (C=O) groups is 1. The van der Waals surface area contributed by atoms with Crippen molar-refractivity contribution in [2.75, 3.05) is 6.54 Å². The summed E-state index contributed by atoms with van der Waals surface area (Å²) in [4.78, 5) is 25.2. The lowest BCUT2D eigenvalue weighted by molar-refractivity contribution is 0.0949. The lowest BCUT2D eigenvalue weighted by Crippen LogP contribution is -2.26. The molecular formula is C16H16N4OS. The highest BCUT2D eigenvalue weighted by Gasteiger charge is 2.09. The third-order valence-electron chi connectivity index (χ3n) is 3.25. The molecule has 1 N–H and O–H groups in total. The van der Waals surface area contributed by atoms with E-state index in [9.17, 15) is 4.79 Å². The summed E-state index contributed by atoms with van der Waals surface area (Å²) in [5.41, 5.74) is 2.87. The summed E-state index contributed by atoms with van der Waals surface area (Å²) < 4.78 is 0. The fourth-order valence-corrected chi connectivity index (χ4v) is 2.87. The molecule has 0 aliphatic heterocycles. The summed E-state index contributed by atoms with van der Waals surface area (Å²) in [6.45, 7) is 2.63. The van der Waals surface area contributed by atoms with Gasteiger partial charge in [-0.05, 0) is 18.6 Å². The van der Waals surface area contributed by atoms with Crippen molar-refractivity contribution in [3.8, 4) is 0 Å². The molecule has 6 heteroatoms. The molecule has 22 heavy (non-hydrogen) atoms. The van der Waals surface area contributed by atoms with E-state index in [1.807, 2.05) is 29.6 Å². The van der Waals surface area contributed by atoms with Gasteiger partial charge in [0.1, 0.15) is 5.69 Å². The fourth-order valence-electron chi connectivity index (χ4n) is 2.09. The number of aryl methyl sites for hydroxylation is 1. The number of amides is 1. The average molecular weight is 312 g/mol. The molecule has 0 aliphatic carbocycles. The van der Waals surface area contributed by atoms with Crippen LogP contribution in [0.3, 0.4) is 0 Å². The zero-order valence-electron chi connectivity index (χ0n) is 12.2. The minimum Gasteiger partial charge on any atom is -0.350 e. The third-order valence-corrected chi connectivity index (χ3v) is 4.29. The molecule has 3 rings (SSSR count). The lowest BCUT2D eigenvalue weighted by atomic mass is 10.3. The smallest absolute Gasteiger partial charge is 0.271 e. The van der Waals surface area contributed by atoms with E-state index >= 15 is 0 Å². The van der Waals surface area contributed by atoms with Gasteiger partial charge in [-0.2, -0.15) is 0 Å². The van der Waals surface area contributed by atoms with Crippen LogP contribution in [0.25, 0.3) is 11.0 Å². The van der Waals surface area contributed by atoms with Gasteiger partial charge in [-0.1, -0.05) is 19.1 Å². The molecule has 2 heterocycles. The second kappa shape index (κ2) is 6.62. The average Bonchev–Trinajstić information content (AvgIpc) is 3.02. The van der Waals surface area contributed by atoms with Gasteiger partial charge in [-0.15, -0.1) is 11.3 Å². The van der Waals surface area contributed by atoms with Crippen LogP contribution in [-0.4, -0.2) is 27.4 Å². The number of carbonyl (C=O) groups excluding carboxylic acids is 1. The van der Waals surface area contributed by atoms with Crippen LogP contribution in [0.4, 0.5) is 0 Å². The largest absolute Gasteiger partial charge is 0.350 e. The molecule has 0 spiro atoms. The first-order chi connectivity index (χ1) is 10.8. The van der Waals surface area contributed by atoms with Crippen molar-refractivity contribution in [2.45, 2.75) is 19.8 Å². The molecule has 0 saturated carbocycles. The Labute approximate surface area is 132 Å². The van der Waals surface area contributed by atoms with Crippen LogP contribution in [0.15, 0.2) is 35.8 Å². The van der Waals surface area contributed by atoms with Crippen LogP contribution in [0.1, 0.15) is 28.1 Å². The summed E-state index contributed by atoms with van der Waals surface area (Å²) >= 11 is 1.66. The minimum absolute atomic E-state index is 0.204. The van der Waals surface area contributed by atoms with Crippen LogP contribution >= 0.6 is 11.3 Å². The molecule has 0 radical (unpaired) electrons. The van der Waals surface area contributed by atoms with E-state index in [0.29, 0.717) is 12.2 Å². The second-order valence-electron chi connectivity index (χ2n) is 4.84. The molecule has 1 amide bonds. The Morgan fingerprint density at radius 2 is 2.05 bits per heavy atom. The Kier molecular flexibility index (Phi) is 4.39. The van der Waals surface area contributed by atoms with Crippen molar-refractivity contribution >= 4 is 28.3 Å². The summed E-state index contributed by atoms with van der Waals surface area (Å²) in [5.74, 6) is -0.204. The van der Waals surface area contributed by atoms with E-state index < -0.39 is 0 Å². The molecule has 1 aromatic carbocycles. The van der Waals surface area contributed by atoms with E-state index in [4.69, 9.17) is 0 Å². The van der Waals surface area contributed by atoms with Gasteiger partial charge < -0.3 is 5.32 Å². The summed E-state index contributed by atoms with van der Waals surface area (Å²) in [6.07, 6.45) is 3.18. The van der Waals surface area contributed by atoms with Crippen molar-refractivity contribution in [1.82, 2.24) is 20.3 Å². The van der Waals surface area contributed by atoms with Crippen molar-refractivity contribution in [2.24, 2.45) is 0 Å². The highest BCUT2D eigenvalue weighted by molar-refractivity contribution is 7.09. The monoisotopic (exact) mass is 312 g/mol. The number of hydrogen-bond acceptors (Lipinski definition) is 5. The molecule has 0 bridgehead atoms. The Bertz CT molecular complexity index is 799. The number of rotatable bonds is 5. The highest BCUT2D eigenvalue weighted by Crippen LogP contribution is 2.11. The molecule has 0 fully saturated rings. The van der Waals surface area contributed by atoms with Gasteiger partial charge in [0.05, 0.1) is 27.9 Å². The molecular weight excluding hydrogens is 296 g/mol. The van der Waals surface area contributed by atoms with Crippen molar-refractivity contribution in [1.29, 1.82) is 0 Å². The number of para-hydroxylation sites is 2. The van der Waals surface area contributed by atoms with Gasteiger partial charge >= 0.3 is 0 Å². The van der Waals surface area contributed by atoms with Crippen LogP contribution in [0, 0.1) is 0 Å². The Balaban J connectivity index is 1.60. The summed E-state index contributed by atoms with van der Waals surface area (Å²) in [5, 5.41) is 6.03. The van der Waals surface area contributed by atoms with Crippen LogP contribution in [0.2, 0.25) is 0 Å². The quantitative estimate of drug-likeness (QED) is 0.786. The maximum atomic E-state index is 12.1. The molecule has 112 valence electrons.